The van der Waals surface area contributed by atoms with Crippen LogP contribution in [0.1, 0.15) is 11.1 Å². The number of sulfonamides is 1. The molecule has 0 amide bonds. The third-order valence-corrected chi connectivity index (χ3v) is 6.45. The molecule has 2 heterocycles. The molecule has 0 aliphatic heterocycles. The Morgan fingerprint density at radius 2 is 1.42 bits per heavy atom. The van der Waals surface area contributed by atoms with Gasteiger partial charge in [0.25, 0.3) is 10.0 Å². The third kappa shape index (κ3) is 5.76. The molecule has 4 aromatic rings. The van der Waals surface area contributed by atoms with Gasteiger partial charge in [-0.3, -0.25) is 4.72 Å². The van der Waals surface area contributed by atoms with Gasteiger partial charge in [-0.05, 0) is 73.5 Å². The molecule has 0 unspecified atom stereocenters. The van der Waals surface area contributed by atoms with Crippen LogP contribution >= 0.6 is 11.6 Å². The lowest BCUT2D eigenvalue weighted by molar-refractivity contribution is 0.600. The van der Waals surface area contributed by atoms with Gasteiger partial charge in [-0.1, -0.05) is 17.7 Å². The van der Waals surface area contributed by atoms with Crippen molar-refractivity contribution in [3.8, 4) is 0 Å². The van der Waals surface area contributed by atoms with Gasteiger partial charge in [0, 0.05) is 28.7 Å². The Hall–Kier alpha value is -3.69. The average Bonchev–Trinajstić information content (AvgIpc) is 2.77. The number of aromatic nitrogens is 3. The van der Waals surface area contributed by atoms with Crippen molar-refractivity contribution in [2.75, 3.05) is 15.4 Å². The summed E-state index contributed by atoms with van der Waals surface area (Å²) in [4.78, 5) is 12.8. The summed E-state index contributed by atoms with van der Waals surface area (Å²) in [5, 5.41) is 6.67. The highest BCUT2D eigenvalue weighted by Crippen LogP contribution is 2.25. The molecule has 0 aliphatic rings. The number of hydrogen-bond acceptors (Lipinski definition) is 7. The monoisotopic (exact) mass is 480 g/mol. The molecular formula is C23H21ClN6O2S. The number of benzene rings is 2. The number of pyridine rings is 1. The molecule has 0 saturated carbocycles. The Bertz CT molecular complexity index is 1390. The van der Waals surface area contributed by atoms with Crippen molar-refractivity contribution in [3.05, 3.63) is 89.3 Å². The summed E-state index contributed by atoms with van der Waals surface area (Å²) in [6.45, 7) is 3.71. The van der Waals surface area contributed by atoms with Crippen LogP contribution in [0, 0.1) is 13.8 Å². The van der Waals surface area contributed by atoms with Gasteiger partial charge >= 0.3 is 0 Å². The molecule has 4 rings (SSSR count). The van der Waals surface area contributed by atoms with Crippen LogP contribution in [0.4, 0.5) is 28.8 Å². The van der Waals surface area contributed by atoms with E-state index in [2.05, 4.69) is 30.3 Å². The first kappa shape index (κ1) is 22.5. The molecule has 0 radical (unpaired) electrons. The van der Waals surface area contributed by atoms with Crippen LogP contribution in [0.25, 0.3) is 0 Å². The number of nitrogens with zero attached hydrogens (tertiary/aromatic N) is 3. The molecule has 0 bridgehead atoms. The molecule has 0 fully saturated rings. The van der Waals surface area contributed by atoms with Crippen molar-refractivity contribution < 1.29 is 8.42 Å². The fraction of sp³-hybridized carbons (Fsp3) is 0.0870. The maximum absolute atomic E-state index is 12.7. The Morgan fingerprint density at radius 3 is 2.15 bits per heavy atom. The maximum Gasteiger partial charge on any atom is 0.262 e. The van der Waals surface area contributed by atoms with Crippen molar-refractivity contribution in [2.45, 2.75) is 18.7 Å². The summed E-state index contributed by atoms with van der Waals surface area (Å²) >= 11 is 5.97. The van der Waals surface area contributed by atoms with Crippen LogP contribution in [-0.4, -0.2) is 23.4 Å². The van der Waals surface area contributed by atoms with Crippen molar-refractivity contribution in [1.29, 1.82) is 0 Å². The van der Waals surface area contributed by atoms with Crippen LogP contribution in [-0.2, 0) is 10.0 Å². The van der Waals surface area contributed by atoms with Gasteiger partial charge in [0.05, 0.1) is 4.90 Å². The zero-order valence-electron chi connectivity index (χ0n) is 17.9. The van der Waals surface area contributed by atoms with E-state index >= 15 is 0 Å². The lowest BCUT2D eigenvalue weighted by atomic mass is 10.2. The molecule has 8 nitrogen and oxygen atoms in total. The molecule has 0 saturated heterocycles. The van der Waals surface area contributed by atoms with E-state index in [1.54, 1.807) is 55.6 Å². The first-order valence-corrected chi connectivity index (χ1v) is 11.8. The number of rotatable bonds is 7. The summed E-state index contributed by atoms with van der Waals surface area (Å²) in [7, 11) is -3.77. The van der Waals surface area contributed by atoms with Gasteiger partial charge in [0.1, 0.15) is 23.8 Å². The van der Waals surface area contributed by atoms with Crippen LogP contribution in [0.3, 0.4) is 0 Å². The van der Waals surface area contributed by atoms with Gasteiger partial charge in [0.2, 0.25) is 0 Å². The van der Waals surface area contributed by atoms with Gasteiger partial charge in [-0.2, -0.15) is 0 Å². The Morgan fingerprint density at radius 1 is 0.758 bits per heavy atom. The van der Waals surface area contributed by atoms with E-state index in [4.69, 9.17) is 11.6 Å². The fourth-order valence-electron chi connectivity index (χ4n) is 3.07. The number of hydrogen-bond donors (Lipinski definition) is 3. The van der Waals surface area contributed by atoms with Gasteiger partial charge < -0.3 is 10.6 Å². The third-order valence-electron chi connectivity index (χ3n) is 4.69. The van der Waals surface area contributed by atoms with Crippen molar-refractivity contribution >= 4 is 50.5 Å². The lowest BCUT2D eigenvalue weighted by Gasteiger charge is -2.12. The highest BCUT2D eigenvalue weighted by Gasteiger charge is 2.17. The van der Waals surface area contributed by atoms with Crippen LogP contribution < -0.4 is 15.4 Å². The molecule has 3 N–H and O–H groups in total. The van der Waals surface area contributed by atoms with E-state index in [1.165, 1.54) is 12.4 Å². The quantitative estimate of drug-likeness (QED) is 0.323. The van der Waals surface area contributed by atoms with Crippen LogP contribution in [0.5, 0.6) is 0 Å². The van der Waals surface area contributed by atoms with E-state index in [0.29, 0.717) is 33.7 Å². The predicted molar refractivity (Wildman–Crippen MR) is 131 cm³/mol. The standard InChI is InChI=1S/C23H21ClN6O2S/c1-15-9-10-25-21(11-15)29-23-13-22(26-14-27-23)28-18-5-7-19(8-6-18)30-33(31,32)20-12-17(24)4-3-16(20)2/h3-14,30H,1-2H3,(H2,25,26,27,28,29). The van der Waals surface area contributed by atoms with Gasteiger partial charge in [0.15, 0.2) is 0 Å². The van der Waals surface area contributed by atoms with E-state index in [1.807, 2.05) is 19.1 Å². The van der Waals surface area contributed by atoms with Crippen LogP contribution in [0.15, 0.2) is 78.1 Å². The van der Waals surface area contributed by atoms with E-state index < -0.39 is 10.0 Å². The minimum Gasteiger partial charge on any atom is -0.340 e. The summed E-state index contributed by atoms with van der Waals surface area (Å²) in [5.74, 6) is 1.85. The van der Waals surface area contributed by atoms with E-state index in [-0.39, 0.29) is 4.90 Å². The molecule has 0 atom stereocenters. The summed E-state index contributed by atoms with van der Waals surface area (Å²) in [5.41, 5.74) is 2.85. The highest BCUT2D eigenvalue weighted by molar-refractivity contribution is 7.92. The van der Waals surface area contributed by atoms with Gasteiger partial charge in [-0.25, -0.2) is 23.4 Å². The molecule has 10 heteroatoms. The Labute approximate surface area is 197 Å². The average molecular weight is 481 g/mol. The second-order valence-corrected chi connectivity index (χ2v) is 9.44. The molecule has 0 aliphatic carbocycles. The molecule has 0 spiro atoms. The zero-order chi connectivity index (χ0) is 23.4. The summed E-state index contributed by atoms with van der Waals surface area (Å²) in [6.07, 6.45) is 3.16. The highest BCUT2D eigenvalue weighted by atomic mass is 35.5. The number of nitrogens with one attached hydrogen (secondary N) is 3. The van der Waals surface area contributed by atoms with Crippen molar-refractivity contribution in [2.24, 2.45) is 0 Å². The topological polar surface area (TPSA) is 109 Å². The second-order valence-electron chi connectivity index (χ2n) is 7.35. The van der Waals surface area contributed by atoms with Crippen molar-refractivity contribution in [1.82, 2.24) is 15.0 Å². The molecule has 33 heavy (non-hydrogen) atoms. The zero-order valence-corrected chi connectivity index (χ0v) is 19.4. The fourth-order valence-corrected chi connectivity index (χ4v) is 4.64. The Balaban J connectivity index is 1.45. The predicted octanol–water partition coefficient (Wildman–Crippen LogP) is 5.43. The normalized spacial score (nSPS) is 11.1. The largest absolute Gasteiger partial charge is 0.340 e. The first-order chi connectivity index (χ1) is 15.8. The number of anilines is 5. The SMILES string of the molecule is Cc1ccnc(Nc2cc(Nc3ccc(NS(=O)(=O)c4cc(Cl)ccc4C)cc3)ncn2)c1. The van der Waals surface area contributed by atoms with Gasteiger partial charge in [-0.15, -0.1) is 0 Å². The smallest absolute Gasteiger partial charge is 0.262 e. The lowest BCUT2D eigenvalue weighted by Crippen LogP contribution is -2.14. The second kappa shape index (κ2) is 9.43. The minimum atomic E-state index is -3.77. The molecule has 2 aromatic heterocycles. The minimum absolute atomic E-state index is 0.140. The molecule has 168 valence electrons. The summed E-state index contributed by atoms with van der Waals surface area (Å²) < 4.78 is 28.1. The first-order valence-electron chi connectivity index (χ1n) is 9.96. The molecule has 2 aromatic carbocycles. The summed E-state index contributed by atoms with van der Waals surface area (Å²) in [6, 6.07) is 17.2. The Kier molecular flexibility index (Phi) is 6.43. The van der Waals surface area contributed by atoms with E-state index in [9.17, 15) is 8.42 Å². The maximum atomic E-state index is 12.7. The van der Waals surface area contributed by atoms with E-state index in [0.717, 1.165) is 11.3 Å². The number of aryl methyl sites for hydroxylation is 2. The van der Waals surface area contributed by atoms with Crippen molar-refractivity contribution in [3.63, 3.8) is 0 Å². The number of halogens is 1. The van der Waals surface area contributed by atoms with Crippen LogP contribution in [0.2, 0.25) is 5.02 Å². The molecular weight excluding hydrogens is 460 g/mol.